The van der Waals surface area contributed by atoms with Crippen molar-refractivity contribution in [2.24, 2.45) is 0 Å². The van der Waals surface area contributed by atoms with Crippen LogP contribution in [-0.4, -0.2) is 23.5 Å². The summed E-state index contributed by atoms with van der Waals surface area (Å²) >= 11 is 0. The average Bonchev–Trinajstić information content (AvgIpc) is 2.44. The second-order valence-corrected chi connectivity index (χ2v) is 13.5. The maximum atomic E-state index is 12.9. The standard InChI is InChI=1S/C18H30O2SSi/c1-6-7-8-9-17(19)18(14-22(3,4)5)21(20)16-12-10-15(2)11-13-16/h10-14,17,19H,6-9H2,1-5H3/b18-14+/t17-,21-/m0/s1. The third-order valence-corrected chi connectivity index (χ3v) is 6.34. The molecule has 22 heavy (non-hydrogen) atoms. The normalized spacial score (nSPS) is 15.6. The van der Waals surface area contributed by atoms with Gasteiger partial charge in [0.05, 0.1) is 25.0 Å². The summed E-state index contributed by atoms with van der Waals surface area (Å²) in [6.07, 6.45) is 3.31. The number of hydrogen-bond donors (Lipinski definition) is 1. The van der Waals surface area contributed by atoms with Gasteiger partial charge in [0, 0.05) is 9.80 Å². The topological polar surface area (TPSA) is 37.3 Å². The summed E-state index contributed by atoms with van der Waals surface area (Å²) in [5.74, 6) is 0. The van der Waals surface area contributed by atoms with Crippen LogP contribution in [0.25, 0.3) is 0 Å². The van der Waals surface area contributed by atoms with Crippen LogP contribution in [0.1, 0.15) is 38.2 Å². The van der Waals surface area contributed by atoms with E-state index in [2.05, 4.69) is 32.3 Å². The van der Waals surface area contributed by atoms with Crippen LogP contribution in [0.4, 0.5) is 0 Å². The zero-order chi connectivity index (χ0) is 16.8. The molecule has 0 aliphatic rings. The van der Waals surface area contributed by atoms with Crippen molar-refractivity contribution < 1.29 is 9.32 Å². The monoisotopic (exact) mass is 338 g/mol. The Morgan fingerprint density at radius 1 is 1.23 bits per heavy atom. The van der Waals surface area contributed by atoms with Gasteiger partial charge in [0.1, 0.15) is 0 Å². The Labute approximate surface area is 139 Å². The van der Waals surface area contributed by atoms with Crippen LogP contribution in [0.15, 0.2) is 39.8 Å². The van der Waals surface area contributed by atoms with Gasteiger partial charge in [-0.25, -0.2) is 4.21 Å². The fourth-order valence-electron chi connectivity index (χ4n) is 2.23. The molecule has 2 nitrogen and oxygen atoms in total. The van der Waals surface area contributed by atoms with Gasteiger partial charge in [0.25, 0.3) is 0 Å². The van der Waals surface area contributed by atoms with E-state index in [4.69, 9.17) is 0 Å². The van der Waals surface area contributed by atoms with Gasteiger partial charge in [0.15, 0.2) is 0 Å². The minimum Gasteiger partial charge on any atom is -0.388 e. The summed E-state index contributed by atoms with van der Waals surface area (Å²) in [4.78, 5) is 1.49. The summed E-state index contributed by atoms with van der Waals surface area (Å²) in [5.41, 5.74) is 3.26. The van der Waals surface area contributed by atoms with E-state index in [0.717, 1.165) is 29.7 Å². The molecule has 0 spiro atoms. The van der Waals surface area contributed by atoms with E-state index < -0.39 is 25.0 Å². The van der Waals surface area contributed by atoms with E-state index in [-0.39, 0.29) is 0 Å². The van der Waals surface area contributed by atoms with E-state index in [1.807, 2.05) is 31.2 Å². The molecule has 0 saturated heterocycles. The molecule has 0 heterocycles. The zero-order valence-electron chi connectivity index (χ0n) is 14.6. The third kappa shape index (κ3) is 6.59. The van der Waals surface area contributed by atoms with Crippen molar-refractivity contribution in [1.29, 1.82) is 0 Å². The van der Waals surface area contributed by atoms with E-state index in [0.29, 0.717) is 11.3 Å². The van der Waals surface area contributed by atoms with Gasteiger partial charge >= 0.3 is 0 Å². The van der Waals surface area contributed by atoms with Crippen LogP contribution in [0, 0.1) is 6.92 Å². The Kier molecular flexibility index (Phi) is 7.73. The van der Waals surface area contributed by atoms with Crippen molar-refractivity contribution in [1.82, 2.24) is 0 Å². The predicted molar refractivity (Wildman–Crippen MR) is 99.2 cm³/mol. The maximum Gasteiger partial charge on any atom is 0.0870 e. The van der Waals surface area contributed by atoms with Gasteiger partial charge in [-0.3, -0.25) is 0 Å². The van der Waals surface area contributed by atoms with Gasteiger partial charge in [-0.15, -0.1) is 0 Å². The molecule has 0 unspecified atom stereocenters. The highest BCUT2D eigenvalue weighted by Crippen LogP contribution is 2.23. The molecule has 0 aliphatic carbocycles. The van der Waals surface area contributed by atoms with Crippen LogP contribution < -0.4 is 0 Å². The van der Waals surface area contributed by atoms with Crippen LogP contribution in [0.3, 0.4) is 0 Å². The first kappa shape index (κ1) is 19.3. The highest BCUT2D eigenvalue weighted by atomic mass is 32.2. The number of aliphatic hydroxyl groups excluding tert-OH is 1. The summed E-state index contributed by atoms with van der Waals surface area (Å²) in [7, 11) is -2.82. The van der Waals surface area contributed by atoms with Crippen molar-refractivity contribution in [3.05, 3.63) is 40.4 Å². The lowest BCUT2D eigenvalue weighted by Gasteiger charge is -2.19. The van der Waals surface area contributed by atoms with Crippen molar-refractivity contribution in [2.45, 2.75) is 70.2 Å². The van der Waals surface area contributed by atoms with Crippen LogP contribution in [-0.2, 0) is 10.8 Å². The number of benzene rings is 1. The van der Waals surface area contributed by atoms with Crippen molar-refractivity contribution in [3.63, 3.8) is 0 Å². The number of aryl methyl sites for hydroxylation is 1. The molecule has 0 aromatic heterocycles. The first-order chi connectivity index (χ1) is 10.2. The fourth-order valence-corrected chi connectivity index (χ4v) is 5.78. The highest BCUT2D eigenvalue weighted by Gasteiger charge is 2.22. The second kappa shape index (κ2) is 8.80. The Balaban J connectivity index is 3.02. The molecule has 1 rings (SSSR count). The molecule has 1 aromatic carbocycles. The van der Waals surface area contributed by atoms with E-state index >= 15 is 0 Å². The van der Waals surface area contributed by atoms with Crippen LogP contribution in [0.2, 0.25) is 19.6 Å². The Bertz CT molecular complexity index is 515. The summed E-state index contributed by atoms with van der Waals surface area (Å²) < 4.78 is 12.9. The third-order valence-electron chi connectivity index (χ3n) is 3.43. The first-order valence-corrected chi connectivity index (χ1v) is 12.9. The summed E-state index contributed by atoms with van der Waals surface area (Å²) in [5, 5.41) is 10.5. The number of unbranched alkanes of at least 4 members (excludes halogenated alkanes) is 2. The number of aliphatic hydroxyl groups is 1. The Morgan fingerprint density at radius 2 is 1.82 bits per heavy atom. The van der Waals surface area contributed by atoms with E-state index in [9.17, 15) is 9.32 Å². The van der Waals surface area contributed by atoms with Crippen LogP contribution in [0.5, 0.6) is 0 Å². The van der Waals surface area contributed by atoms with Gasteiger partial charge < -0.3 is 5.11 Å². The molecule has 2 atom stereocenters. The highest BCUT2D eigenvalue weighted by molar-refractivity contribution is 7.89. The van der Waals surface area contributed by atoms with Crippen molar-refractivity contribution in [2.75, 3.05) is 0 Å². The predicted octanol–water partition coefficient (Wildman–Crippen LogP) is 4.81. The lowest BCUT2D eigenvalue weighted by molar-refractivity contribution is 0.204. The first-order valence-electron chi connectivity index (χ1n) is 8.14. The van der Waals surface area contributed by atoms with Crippen molar-refractivity contribution in [3.8, 4) is 0 Å². The lowest BCUT2D eigenvalue weighted by Crippen LogP contribution is -2.23. The second-order valence-electron chi connectivity index (χ2n) is 7.01. The molecule has 1 aromatic rings. The van der Waals surface area contributed by atoms with Gasteiger partial charge in [0.2, 0.25) is 0 Å². The number of hydrogen-bond acceptors (Lipinski definition) is 2. The van der Waals surface area contributed by atoms with Gasteiger partial charge in [-0.05, 0) is 25.5 Å². The molecule has 124 valence electrons. The molecule has 0 fully saturated rings. The molecular formula is C18H30O2SSi. The number of rotatable bonds is 8. The van der Waals surface area contributed by atoms with Gasteiger partial charge in [-0.2, -0.15) is 0 Å². The molecular weight excluding hydrogens is 308 g/mol. The average molecular weight is 339 g/mol. The minimum atomic E-state index is -1.55. The molecule has 0 saturated carbocycles. The molecule has 0 bridgehead atoms. The fraction of sp³-hybridized carbons (Fsp3) is 0.556. The van der Waals surface area contributed by atoms with E-state index in [1.165, 1.54) is 0 Å². The molecule has 0 amide bonds. The lowest BCUT2D eigenvalue weighted by atomic mass is 10.1. The maximum absolute atomic E-state index is 12.9. The van der Waals surface area contributed by atoms with Crippen molar-refractivity contribution >= 4 is 18.9 Å². The minimum absolute atomic E-state index is 0.597. The summed E-state index contributed by atoms with van der Waals surface area (Å²) in [6.45, 7) is 10.8. The largest absolute Gasteiger partial charge is 0.388 e. The molecule has 4 heteroatoms. The SMILES string of the molecule is CCCCC[C@H](O)/C(=C\[Si](C)(C)C)[S@@](=O)c1ccc(C)cc1. The van der Waals surface area contributed by atoms with Gasteiger partial charge in [-0.1, -0.05) is 69.2 Å². The molecule has 1 N–H and O–H groups in total. The van der Waals surface area contributed by atoms with Crippen LogP contribution >= 0.6 is 0 Å². The Morgan fingerprint density at radius 3 is 2.32 bits per heavy atom. The Hall–Kier alpha value is -0.713. The molecule has 0 aliphatic heterocycles. The molecule has 0 radical (unpaired) electrons. The van der Waals surface area contributed by atoms with E-state index in [1.54, 1.807) is 0 Å². The summed E-state index contributed by atoms with van der Waals surface area (Å²) in [6, 6.07) is 7.76. The quantitative estimate of drug-likeness (QED) is 0.546. The zero-order valence-corrected chi connectivity index (χ0v) is 16.4. The smallest absolute Gasteiger partial charge is 0.0870 e.